The summed E-state index contributed by atoms with van der Waals surface area (Å²) in [5.41, 5.74) is 1.61. The molecular formula is C18H15BClF2N3O2. The summed E-state index contributed by atoms with van der Waals surface area (Å²) in [5, 5.41) is 0.272. The average molecular weight is 390 g/mol. The van der Waals surface area contributed by atoms with E-state index in [2.05, 4.69) is 9.97 Å². The molecule has 0 aliphatic carbocycles. The van der Waals surface area contributed by atoms with Crippen LogP contribution >= 0.6 is 11.6 Å². The number of ether oxygens (including phenoxy) is 1. The first kappa shape index (κ1) is 19.0. The first-order chi connectivity index (χ1) is 12.8. The van der Waals surface area contributed by atoms with Crippen LogP contribution in [0.3, 0.4) is 0 Å². The number of aryl methyl sites for hydroxylation is 2. The van der Waals surface area contributed by atoms with E-state index in [0.717, 1.165) is 17.8 Å². The number of rotatable bonds is 4. The van der Waals surface area contributed by atoms with Crippen LogP contribution < -0.4 is 10.3 Å². The van der Waals surface area contributed by atoms with Gasteiger partial charge in [-0.2, -0.15) is 0 Å². The average Bonchev–Trinajstić information content (AvgIpc) is 2.57. The SMILES string of the molecule is BC(Oc1cc(C)n(-c2cc(Cl)ncc2C)c(=O)c1)c1ncc(F)cc1F. The van der Waals surface area contributed by atoms with Crippen molar-refractivity contribution < 1.29 is 13.5 Å². The third-order valence-electron chi connectivity index (χ3n) is 4.01. The Bertz CT molecular complexity index is 1070. The minimum atomic E-state index is -0.811. The van der Waals surface area contributed by atoms with Gasteiger partial charge in [-0.15, -0.1) is 0 Å². The van der Waals surface area contributed by atoms with Gasteiger partial charge >= 0.3 is 0 Å². The number of halogens is 3. The van der Waals surface area contributed by atoms with Crippen LogP contribution in [-0.4, -0.2) is 22.4 Å². The van der Waals surface area contributed by atoms with Crippen molar-refractivity contribution in [3.05, 3.63) is 80.8 Å². The molecule has 3 aromatic heterocycles. The number of hydrogen-bond acceptors (Lipinski definition) is 4. The summed E-state index contributed by atoms with van der Waals surface area (Å²) in [5.74, 6) is -1.33. The van der Waals surface area contributed by atoms with E-state index in [0.29, 0.717) is 11.4 Å². The molecule has 138 valence electrons. The molecule has 0 aliphatic rings. The minimum absolute atomic E-state index is 0.0463. The smallest absolute Gasteiger partial charge is 0.259 e. The molecule has 3 heterocycles. The van der Waals surface area contributed by atoms with Gasteiger partial charge in [-0.1, -0.05) is 11.6 Å². The molecule has 0 saturated carbocycles. The molecule has 0 radical (unpaired) electrons. The quantitative estimate of drug-likeness (QED) is 0.509. The van der Waals surface area contributed by atoms with Crippen LogP contribution in [0.1, 0.15) is 23.0 Å². The minimum Gasteiger partial charge on any atom is -0.493 e. The lowest BCUT2D eigenvalue weighted by atomic mass is 9.95. The van der Waals surface area contributed by atoms with Crippen molar-refractivity contribution in [3.63, 3.8) is 0 Å². The van der Waals surface area contributed by atoms with E-state index < -0.39 is 17.6 Å². The molecule has 0 aromatic carbocycles. The Hall–Kier alpha value is -2.74. The lowest BCUT2D eigenvalue weighted by molar-refractivity contribution is 0.274. The molecule has 0 amide bonds. The van der Waals surface area contributed by atoms with Gasteiger partial charge in [-0.05, 0) is 25.5 Å². The third-order valence-corrected chi connectivity index (χ3v) is 4.21. The molecular weight excluding hydrogens is 374 g/mol. The van der Waals surface area contributed by atoms with Crippen molar-refractivity contribution in [2.75, 3.05) is 0 Å². The summed E-state index contributed by atoms with van der Waals surface area (Å²) in [6.07, 6.45) is 2.50. The van der Waals surface area contributed by atoms with E-state index in [4.69, 9.17) is 16.3 Å². The maximum Gasteiger partial charge on any atom is 0.259 e. The standard InChI is InChI=1S/C18H15BClF2N3O2/c1-9-7-23-15(20)6-14(9)25-10(2)3-12(5-16(25)26)27-18(19)17-13(22)4-11(21)8-24-17/h3-8,18H,19H2,1-2H3. The zero-order valence-electron chi connectivity index (χ0n) is 14.8. The number of nitrogens with zero attached hydrogens (tertiary/aromatic N) is 3. The number of pyridine rings is 3. The summed E-state index contributed by atoms with van der Waals surface area (Å²) in [7, 11) is 1.57. The van der Waals surface area contributed by atoms with Gasteiger partial charge in [0, 0.05) is 30.1 Å². The maximum absolute atomic E-state index is 13.9. The highest BCUT2D eigenvalue weighted by atomic mass is 35.5. The first-order valence-electron chi connectivity index (χ1n) is 8.10. The summed E-state index contributed by atoms with van der Waals surface area (Å²) in [6, 6.07) is 4.47. The van der Waals surface area contributed by atoms with Crippen molar-refractivity contribution in [1.29, 1.82) is 0 Å². The monoisotopic (exact) mass is 389 g/mol. The normalized spacial score (nSPS) is 12.0. The molecule has 1 atom stereocenters. The van der Waals surface area contributed by atoms with Crippen LogP contribution in [0.4, 0.5) is 8.78 Å². The van der Waals surface area contributed by atoms with E-state index >= 15 is 0 Å². The van der Waals surface area contributed by atoms with E-state index in [1.807, 2.05) is 6.92 Å². The molecule has 3 aromatic rings. The highest BCUT2D eigenvalue weighted by Gasteiger charge is 2.17. The summed E-state index contributed by atoms with van der Waals surface area (Å²) in [6.45, 7) is 3.56. The summed E-state index contributed by atoms with van der Waals surface area (Å²) < 4.78 is 34.0. The fourth-order valence-corrected chi connectivity index (χ4v) is 2.91. The molecule has 3 rings (SSSR count). The van der Waals surface area contributed by atoms with E-state index in [9.17, 15) is 13.6 Å². The highest BCUT2D eigenvalue weighted by molar-refractivity contribution is 6.29. The van der Waals surface area contributed by atoms with Crippen LogP contribution in [0.25, 0.3) is 5.69 Å². The predicted octanol–water partition coefficient (Wildman–Crippen LogP) is 2.89. The Morgan fingerprint density at radius 2 is 1.89 bits per heavy atom. The van der Waals surface area contributed by atoms with Gasteiger partial charge in [0.25, 0.3) is 5.56 Å². The molecule has 1 unspecified atom stereocenters. The Morgan fingerprint density at radius 1 is 1.15 bits per heavy atom. The Morgan fingerprint density at radius 3 is 2.56 bits per heavy atom. The van der Waals surface area contributed by atoms with Crippen molar-refractivity contribution >= 4 is 19.4 Å². The lowest BCUT2D eigenvalue weighted by Crippen LogP contribution is -2.22. The third kappa shape index (κ3) is 4.00. The summed E-state index contributed by atoms with van der Waals surface area (Å²) >= 11 is 5.94. The predicted molar refractivity (Wildman–Crippen MR) is 100 cm³/mol. The zero-order valence-corrected chi connectivity index (χ0v) is 15.6. The fourth-order valence-electron chi connectivity index (χ4n) is 2.76. The molecule has 0 bridgehead atoms. The molecule has 9 heteroatoms. The van der Waals surface area contributed by atoms with Crippen molar-refractivity contribution in [1.82, 2.24) is 14.5 Å². The zero-order chi connectivity index (χ0) is 19.7. The van der Waals surface area contributed by atoms with Gasteiger partial charge in [0.15, 0.2) is 13.7 Å². The van der Waals surface area contributed by atoms with Crippen LogP contribution in [0.2, 0.25) is 5.15 Å². The van der Waals surface area contributed by atoms with E-state index in [1.54, 1.807) is 33.1 Å². The second-order valence-corrected chi connectivity index (χ2v) is 6.47. The largest absolute Gasteiger partial charge is 0.493 e. The lowest BCUT2D eigenvalue weighted by Gasteiger charge is -2.18. The van der Waals surface area contributed by atoms with E-state index in [-0.39, 0.29) is 22.2 Å². The summed E-state index contributed by atoms with van der Waals surface area (Å²) in [4.78, 5) is 20.3. The van der Waals surface area contributed by atoms with Gasteiger partial charge < -0.3 is 4.74 Å². The molecule has 0 spiro atoms. The first-order valence-corrected chi connectivity index (χ1v) is 8.48. The van der Waals surface area contributed by atoms with Gasteiger partial charge in [0.2, 0.25) is 0 Å². The van der Waals surface area contributed by atoms with Gasteiger partial charge in [0.05, 0.1) is 11.9 Å². The molecule has 0 fully saturated rings. The molecule has 0 aliphatic heterocycles. The van der Waals surface area contributed by atoms with Crippen molar-refractivity contribution in [2.24, 2.45) is 0 Å². The fraction of sp³-hybridized carbons (Fsp3) is 0.167. The van der Waals surface area contributed by atoms with Gasteiger partial charge in [-0.25, -0.2) is 13.8 Å². The van der Waals surface area contributed by atoms with Crippen LogP contribution in [0.15, 0.2) is 41.5 Å². The Balaban J connectivity index is 1.95. The maximum atomic E-state index is 13.9. The van der Waals surface area contributed by atoms with Crippen LogP contribution in [-0.2, 0) is 0 Å². The topological polar surface area (TPSA) is 57.0 Å². The van der Waals surface area contributed by atoms with Gasteiger partial charge in [-0.3, -0.25) is 14.3 Å². The van der Waals surface area contributed by atoms with Gasteiger partial charge in [0.1, 0.15) is 28.4 Å². The van der Waals surface area contributed by atoms with Crippen LogP contribution in [0.5, 0.6) is 5.75 Å². The Kier molecular flexibility index (Phi) is 5.27. The molecule has 0 saturated heterocycles. The molecule has 5 nitrogen and oxygen atoms in total. The van der Waals surface area contributed by atoms with E-state index in [1.165, 1.54) is 10.6 Å². The van der Waals surface area contributed by atoms with Crippen LogP contribution in [0, 0.1) is 25.5 Å². The van der Waals surface area contributed by atoms with Crippen molar-refractivity contribution in [3.8, 4) is 11.4 Å². The number of hydrogen-bond donors (Lipinski definition) is 0. The molecule has 0 N–H and O–H groups in total. The number of aromatic nitrogens is 3. The van der Waals surface area contributed by atoms with Crippen molar-refractivity contribution in [2.45, 2.75) is 19.9 Å². The second kappa shape index (κ2) is 7.48. The molecule has 27 heavy (non-hydrogen) atoms. The Labute approximate surface area is 160 Å². The highest BCUT2D eigenvalue weighted by Crippen LogP contribution is 2.23. The second-order valence-electron chi connectivity index (χ2n) is 6.08.